The molecule has 1 unspecified atom stereocenters. The molecule has 3 nitrogen and oxygen atoms in total. The summed E-state index contributed by atoms with van der Waals surface area (Å²) in [4.78, 5) is 15.8. The lowest BCUT2D eigenvalue weighted by Gasteiger charge is -2.14. The van der Waals surface area contributed by atoms with E-state index >= 15 is 0 Å². The van der Waals surface area contributed by atoms with Crippen LogP contribution < -0.4 is 5.32 Å². The van der Waals surface area contributed by atoms with Crippen molar-refractivity contribution in [2.24, 2.45) is 0 Å². The molecule has 0 aliphatic carbocycles. The lowest BCUT2D eigenvalue weighted by atomic mass is 10.1. The van der Waals surface area contributed by atoms with Gasteiger partial charge in [0.15, 0.2) is 0 Å². The standard InChI is InChI=1S/C18H16N2O/c21-13-16(12-14-6-2-1-3-7-14)19-18-11-10-15-8-4-5-9-17(15)20-18/h1-11,13,16H,12H2,(H,19,20). The highest BCUT2D eigenvalue weighted by molar-refractivity contribution is 5.80. The number of para-hydroxylation sites is 1. The first-order valence-electron chi connectivity index (χ1n) is 6.97. The Balaban J connectivity index is 1.77. The highest BCUT2D eigenvalue weighted by atomic mass is 16.1. The topological polar surface area (TPSA) is 42.0 Å². The Hall–Kier alpha value is -2.68. The molecule has 0 aliphatic heterocycles. The maximum atomic E-state index is 11.3. The number of benzene rings is 2. The van der Waals surface area contributed by atoms with Gasteiger partial charge in [0, 0.05) is 5.39 Å². The number of hydrogen-bond acceptors (Lipinski definition) is 3. The first kappa shape index (κ1) is 13.3. The van der Waals surface area contributed by atoms with E-state index in [1.807, 2.05) is 66.7 Å². The number of pyridine rings is 1. The largest absolute Gasteiger partial charge is 0.360 e. The number of rotatable bonds is 5. The van der Waals surface area contributed by atoms with Crippen molar-refractivity contribution in [1.29, 1.82) is 0 Å². The lowest BCUT2D eigenvalue weighted by molar-refractivity contribution is -0.108. The predicted molar refractivity (Wildman–Crippen MR) is 85.4 cm³/mol. The molecule has 3 rings (SSSR count). The van der Waals surface area contributed by atoms with Crippen LogP contribution >= 0.6 is 0 Å². The summed E-state index contributed by atoms with van der Waals surface area (Å²) in [5.74, 6) is 0.724. The maximum absolute atomic E-state index is 11.3. The van der Waals surface area contributed by atoms with Crippen molar-refractivity contribution < 1.29 is 4.79 Å². The Kier molecular flexibility index (Phi) is 3.92. The number of anilines is 1. The van der Waals surface area contributed by atoms with E-state index in [0.29, 0.717) is 6.42 Å². The summed E-state index contributed by atoms with van der Waals surface area (Å²) in [6.45, 7) is 0. The zero-order valence-electron chi connectivity index (χ0n) is 11.6. The van der Waals surface area contributed by atoms with Crippen LogP contribution in [0.4, 0.5) is 5.82 Å². The molecule has 0 saturated carbocycles. The molecule has 0 spiro atoms. The van der Waals surface area contributed by atoms with Crippen LogP contribution in [0.5, 0.6) is 0 Å². The molecule has 0 radical (unpaired) electrons. The van der Waals surface area contributed by atoms with E-state index in [4.69, 9.17) is 0 Å². The third-order valence-electron chi connectivity index (χ3n) is 3.39. The van der Waals surface area contributed by atoms with Gasteiger partial charge in [0.05, 0.1) is 11.6 Å². The van der Waals surface area contributed by atoms with E-state index in [9.17, 15) is 4.79 Å². The van der Waals surface area contributed by atoms with Crippen molar-refractivity contribution in [3.8, 4) is 0 Å². The molecule has 0 saturated heterocycles. The molecule has 1 aromatic heterocycles. The number of hydrogen-bond donors (Lipinski definition) is 1. The van der Waals surface area contributed by atoms with Crippen LogP contribution in [-0.2, 0) is 11.2 Å². The average molecular weight is 276 g/mol. The van der Waals surface area contributed by atoms with Gasteiger partial charge in [-0.25, -0.2) is 4.98 Å². The van der Waals surface area contributed by atoms with Crippen molar-refractivity contribution in [3.05, 3.63) is 72.3 Å². The van der Waals surface area contributed by atoms with Crippen molar-refractivity contribution in [2.45, 2.75) is 12.5 Å². The fourth-order valence-corrected chi connectivity index (χ4v) is 2.34. The van der Waals surface area contributed by atoms with Gasteiger partial charge in [-0.05, 0) is 30.2 Å². The fraction of sp³-hybridized carbons (Fsp3) is 0.111. The zero-order valence-corrected chi connectivity index (χ0v) is 11.6. The molecule has 1 atom stereocenters. The van der Waals surface area contributed by atoms with E-state index in [2.05, 4.69) is 10.3 Å². The van der Waals surface area contributed by atoms with E-state index in [0.717, 1.165) is 28.6 Å². The number of aromatic nitrogens is 1. The minimum absolute atomic E-state index is 0.277. The highest BCUT2D eigenvalue weighted by Crippen LogP contribution is 2.15. The molecule has 3 aromatic rings. The first-order chi connectivity index (χ1) is 10.3. The summed E-state index contributed by atoms with van der Waals surface area (Å²) in [5.41, 5.74) is 2.05. The SMILES string of the molecule is O=CC(Cc1ccccc1)Nc1ccc2ccccc2n1. The molecule has 3 heteroatoms. The van der Waals surface area contributed by atoms with Gasteiger partial charge in [-0.2, -0.15) is 0 Å². The Labute approximate surface area is 123 Å². The van der Waals surface area contributed by atoms with Crippen LogP contribution in [-0.4, -0.2) is 17.3 Å². The molecular formula is C18H16N2O. The number of fused-ring (bicyclic) bond motifs is 1. The number of carbonyl (C=O) groups is 1. The van der Waals surface area contributed by atoms with E-state index in [-0.39, 0.29) is 6.04 Å². The van der Waals surface area contributed by atoms with Crippen molar-refractivity contribution in [3.63, 3.8) is 0 Å². The van der Waals surface area contributed by atoms with Gasteiger partial charge in [-0.3, -0.25) is 0 Å². The zero-order chi connectivity index (χ0) is 14.5. The molecule has 1 N–H and O–H groups in total. The molecule has 0 fully saturated rings. The summed E-state index contributed by atoms with van der Waals surface area (Å²) in [5, 5.41) is 4.28. The quantitative estimate of drug-likeness (QED) is 0.726. The molecule has 0 bridgehead atoms. The number of carbonyl (C=O) groups excluding carboxylic acids is 1. The molecule has 2 aromatic carbocycles. The van der Waals surface area contributed by atoms with Gasteiger partial charge in [-0.1, -0.05) is 48.5 Å². The van der Waals surface area contributed by atoms with E-state index in [1.165, 1.54) is 0 Å². The Morgan fingerprint density at radius 3 is 2.52 bits per heavy atom. The van der Waals surface area contributed by atoms with Crippen LogP contribution in [0.2, 0.25) is 0 Å². The smallest absolute Gasteiger partial charge is 0.142 e. The minimum atomic E-state index is -0.277. The molecule has 0 aliphatic rings. The van der Waals surface area contributed by atoms with Crippen molar-refractivity contribution >= 4 is 23.0 Å². The van der Waals surface area contributed by atoms with Gasteiger partial charge in [0.2, 0.25) is 0 Å². The summed E-state index contributed by atoms with van der Waals surface area (Å²) < 4.78 is 0. The van der Waals surface area contributed by atoms with Gasteiger partial charge < -0.3 is 10.1 Å². The van der Waals surface area contributed by atoms with Crippen LogP contribution in [0.15, 0.2) is 66.7 Å². The van der Waals surface area contributed by atoms with E-state index < -0.39 is 0 Å². The maximum Gasteiger partial charge on any atom is 0.142 e. The lowest BCUT2D eigenvalue weighted by Crippen LogP contribution is -2.24. The van der Waals surface area contributed by atoms with Crippen LogP contribution in [0, 0.1) is 0 Å². The second kappa shape index (κ2) is 6.18. The third kappa shape index (κ3) is 3.26. The Morgan fingerprint density at radius 2 is 1.71 bits per heavy atom. The summed E-state index contributed by atoms with van der Waals surface area (Å²) in [6, 6.07) is 21.5. The average Bonchev–Trinajstić information content (AvgIpc) is 2.55. The van der Waals surface area contributed by atoms with Gasteiger partial charge in [-0.15, -0.1) is 0 Å². The van der Waals surface area contributed by atoms with Crippen molar-refractivity contribution in [1.82, 2.24) is 4.98 Å². The van der Waals surface area contributed by atoms with Gasteiger partial charge >= 0.3 is 0 Å². The molecule has 104 valence electrons. The summed E-state index contributed by atoms with van der Waals surface area (Å²) in [7, 11) is 0. The molecular weight excluding hydrogens is 260 g/mol. The number of nitrogens with one attached hydrogen (secondary N) is 1. The van der Waals surface area contributed by atoms with Crippen LogP contribution in [0.1, 0.15) is 5.56 Å². The minimum Gasteiger partial charge on any atom is -0.360 e. The number of aldehydes is 1. The summed E-state index contributed by atoms with van der Waals surface area (Å²) in [6.07, 6.45) is 1.59. The highest BCUT2D eigenvalue weighted by Gasteiger charge is 2.09. The Bertz CT molecular complexity index is 740. The van der Waals surface area contributed by atoms with Gasteiger partial charge in [0.1, 0.15) is 12.1 Å². The second-order valence-electron chi connectivity index (χ2n) is 4.97. The first-order valence-corrected chi connectivity index (χ1v) is 6.97. The predicted octanol–water partition coefficient (Wildman–Crippen LogP) is 3.46. The second-order valence-corrected chi connectivity index (χ2v) is 4.97. The van der Waals surface area contributed by atoms with Crippen LogP contribution in [0.25, 0.3) is 10.9 Å². The third-order valence-corrected chi connectivity index (χ3v) is 3.39. The van der Waals surface area contributed by atoms with Crippen molar-refractivity contribution in [2.75, 3.05) is 5.32 Å². The summed E-state index contributed by atoms with van der Waals surface area (Å²) >= 11 is 0. The molecule has 21 heavy (non-hydrogen) atoms. The normalized spacial score (nSPS) is 12.0. The van der Waals surface area contributed by atoms with Gasteiger partial charge in [0.25, 0.3) is 0 Å². The van der Waals surface area contributed by atoms with E-state index in [1.54, 1.807) is 0 Å². The molecule has 1 heterocycles. The molecule has 0 amide bonds. The Morgan fingerprint density at radius 1 is 0.952 bits per heavy atom. The van der Waals surface area contributed by atoms with Crippen LogP contribution in [0.3, 0.4) is 0 Å². The number of nitrogens with zero attached hydrogens (tertiary/aromatic N) is 1. The monoisotopic (exact) mass is 276 g/mol. The fourth-order valence-electron chi connectivity index (χ4n) is 2.34.